The van der Waals surface area contributed by atoms with Crippen LogP contribution in [0.2, 0.25) is 0 Å². The third-order valence-corrected chi connectivity index (χ3v) is 5.91. The normalized spacial score (nSPS) is 11.6. The van der Waals surface area contributed by atoms with Crippen molar-refractivity contribution in [2.45, 2.75) is 13.8 Å². The summed E-state index contributed by atoms with van der Waals surface area (Å²) >= 11 is 0. The van der Waals surface area contributed by atoms with E-state index in [1.165, 1.54) is 6.07 Å². The first-order valence-corrected chi connectivity index (χ1v) is 11.3. The van der Waals surface area contributed by atoms with Crippen LogP contribution in [0.3, 0.4) is 0 Å². The van der Waals surface area contributed by atoms with Crippen molar-refractivity contribution in [3.63, 3.8) is 0 Å². The summed E-state index contributed by atoms with van der Waals surface area (Å²) in [6, 6.07) is 8.62. The number of pyridine rings is 2. The van der Waals surface area contributed by atoms with Gasteiger partial charge in [0.05, 0.1) is 29.9 Å². The third kappa shape index (κ3) is 3.68. The SMILES string of the molecule is CC(C)C(=O)Nc1cncc(-c2cc(F)c3n[nH]c(-c4nc5c(-c6ccoc6)nccc5[nH]4)c3c2)c1. The highest BCUT2D eigenvalue weighted by molar-refractivity contribution is 5.98. The number of halogens is 1. The Kier molecular flexibility index (Phi) is 5.06. The van der Waals surface area contributed by atoms with Crippen LogP contribution in [0.15, 0.2) is 65.9 Å². The standard InChI is InChI=1S/C26H20FN7O2/c1-13(2)26(35)30-17-7-16(10-28-11-17)15-8-18-22(19(27)9-15)33-34-23(18)25-31-20-3-5-29-21(24(20)32-25)14-4-6-36-12-14/h3-13H,1-2H3,(H,30,35)(H,31,32)(H,33,34). The van der Waals surface area contributed by atoms with E-state index in [1.54, 1.807) is 37.2 Å². The van der Waals surface area contributed by atoms with Crippen molar-refractivity contribution in [2.24, 2.45) is 5.92 Å². The minimum atomic E-state index is -0.488. The van der Waals surface area contributed by atoms with Gasteiger partial charge < -0.3 is 14.7 Å². The molecule has 0 fully saturated rings. The number of carbonyl (C=O) groups is 1. The number of H-pyrrole nitrogens is 2. The van der Waals surface area contributed by atoms with Crippen LogP contribution in [-0.2, 0) is 4.79 Å². The Morgan fingerprint density at radius 1 is 1.08 bits per heavy atom. The van der Waals surface area contributed by atoms with Gasteiger partial charge in [-0.05, 0) is 35.9 Å². The van der Waals surface area contributed by atoms with Gasteiger partial charge >= 0.3 is 0 Å². The number of hydrogen-bond donors (Lipinski definition) is 3. The average Bonchev–Trinajstić information content (AvgIpc) is 3.63. The highest BCUT2D eigenvalue weighted by atomic mass is 19.1. The molecule has 6 aromatic rings. The number of nitrogens with one attached hydrogen (secondary N) is 3. The van der Waals surface area contributed by atoms with Gasteiger partial charge in [0.1, 0.15) is 22.4 Å². The van der Waals surface area contributed by atoms with Gasteiger partial charge in [0, 0.05) is 34.8 Å². The molecule has 1 amide bonds. The maximum absolute atomic E-state index is 15.1. The number of rotatable bonds is 5. The quantitative estimate of drug-likeness (QED) is 0.296. The molecule has 0 spiro atoms. The molecule has 0 aliphatic heterocycles. The Labute approximate surface area is 203 Å². The second-order valence-electron chi connectivity index (χ2n) is 8.71. The maximum atomic E-state index is 15.1. The molecule has 3 N–H and O–H groups in total. The number of anilines is 1. The Morgan fingerprint density at radius 3 is 2.78 bits per heavy atom. The summed E-state index contributed by atoms with van der Waals surface area (Å²) in [6.07, 6.45) is 8.05. The number of benzene rings is 1. The zero-order chi connectivity index (χ0) is 24.8. The van der Waals surface area contributed by atoms with Gasteiger partial charge in [-0.1, -0.05) is 13.8 Å². The first-order valence-electron chi connectivity index (χ1n) is 11.3. The van der Waals surface area contributed by atoms with E-state index in [4.69, 9.17) is 9.40 Å². The number of hydrogen-bond acceptors (Lipinski definition) is 6. The smallest absolute Gasteiger partial charge is 0.226 e. The van der Waals surface area contributed by atoms with Gasteiger partial charge in [-0.15, -0.1) is 0 Å². The van der Waals surface area contributed by atoms with Crippen LogP contribution < -0.4 is 5.32 Å². The summed E-state index contributed by atoms with van der Waals surface area (Å²) in [5.74, 6) is -0.290. The Hall–Kier alpha value is -4.86. The van der Waals surface area contributed by atoms with E-state index in [1.807, 2.05) is 32.0 Å². The topological polar surface area (TPSA) is 125 Å². The van der Waals surface area contributed by atoms with Crippen LogP contribution in [0.4, 0.5) is 10.1 Å². The number of furan rings is 1. The fourth-order valence-electron chi connectivity index (χ4n) is 4.04. The van der Waals surface area contributed by atoms with E-state index in [9.17, 15) is 4.79 Å². The maximum Gasteiger partial charge on any atom is 0.226 e. The van der Waals surface area contributed by atoms with Crippen molar-refractivity contribution < 1.29 is 13.6 Å². The Bertz CT molecular complexity index is 1730. The van der Waals surface area contributed by atoms with Crippen molar-refractivity contribution in [1.82, 2.24) is 30.1 Å². The number of imidazole rings is 1. The summed E-state index contributed by atoms with van der Waals surface area (Å²) in [6.45, 7) is 3.62. The fourth-order valence-corrected chi connectivity index (χ4v) is 4.04. The summed E-state index contributed by atoms with van der Waals surface area (Å²) in [7, 11) is 0. The van der Waals surface area contributed by atoms with Crippen molar-refractivity contribution in [2.75, 3.05) is 5.32 Å². The molecule has 10 heteroatoms. The van der Waals surface area contributed by atoms with Crippen LogP contribution in [0.1, 0.15) is 13.8 Å². The molecule has 6 rings (SSSR count). The molecule has 0 saturated carbocycles. The molecule has 5 heterocycles. The largest absolute Gasteiger partial charge is 0.472 e. The van der Waals surface area contributed by atoms with Crippen LogP contribution >= 0.6 is 0 Å². The minimum Gasteiger partial charge on any atom is -0.472 e. The molecular formula is C26H20FN7O2. The predicted octanol–water partition coefficient (Wildman–Crippen LogP) is 5.56. The minimum absolute atomic E-state index is 0.123. The highest BCUT2D eigenvalue weighted by Gasteiger charge is 2.19. The third-order valence-electron chi connectivity index (χ3n) is 5.91. The lowest BCUT2D eigenvalue weighted by atomic mass is 10.0. The van der Waals surface area contributed by atoms with E-state index < -0.39 is 5.82 Å². The van der Waals surface area contributed by atoms with Gasteiger partial charge in [0.15, 0.2) is 11.6 Å². The Morgan fingerprint density at radius 2 is 1.97 bits per heavy atom. The lowest BCUT2D eigenvalue weighted by molar-refractivity contribution is -0.118. The summed E-state index contributed by atoms with van der Waals surface area (Å²) in [4.78, 5) is 28.8. The fraction of sp³-hybridized carbons (Fsp3) is 0.115. The number of aromatic nitrogens is 6. The molecule has 0 aliphatic carbocycles. The first kappa shape index (κ1) is 21.7. The van der Waals surface area contributed by atoms with E-state index in [0.717, 1.165) is 11.1 Å². The predicted molar refractivity (Wildman–Crippen MR) is 133 cm³/mol. The van der Waals surface area contributed by atoms with Gasteiger partial charge in [0.25, 0.3) is 0 Å². The number of aromatic amines is 2. The van der Waals surface area contributed by atoms with Crippen molar-refractivity contribution in [1.29, 1.82) is 0 Å². The summed E-state index contributed by atoms with van der Waals surface area (Å²) in [5.41, 5.74) is 5.42. The second kappa shape index (κ2) is 8.42. The molecule has 36 heavy (non-hydrogen) atoms. The van der Waals surface area contributed by atoms with Gasteiger partial charge in [-0.3, -0.25) is 19.9 Å². The summed E-state index contributed by atoms with van der Waals surface area (Å²) in [5, 5.41) is 10.5. The second-order valence-corrected chi connectivity index (χ2v) is 8.71. The number of nitrogens with zero attached hydrogens (tertiary/aromatic N) is 4. The molecule has 178 valence electrons. The number of amides is 1. The average molecular weight is 481 g/mol. The molecule has 0 bridgehead atoms. The monoisotopic (exact) mass is 481 g/mol. The molecular weight excluding hydrogens is 461 g/mol. The number of carbonyl (C=O) groups excluding carboxylic acids is 1. The molecule has 0 aliphatic rings. The Balaban J connectivity index is 1.45. The van der Waals surface area contributed by atoms with E-state index in [2.05, 4.69) is 30.5 Å². The lowest BCUT2D eigenvalue weighted by Crippen LogP contribution is -2.17. The number of fused-ring (bicyclic) bond motifs is 2. The van der Waals surface area contributed by atoms with E-state index in [0.29, 0.717) is 44.9 Å². The van der Waals surface area contributed by atoms with Crippen LogP contribution in [0, 0.1) is 11.7 Å². The van der Waals surface area contributed by atoms with Crippen molar-refractivity contribution in [3.8, 4) is 33.9 Å². The first-order chi connectivity index (χ1) is 17.5. The molecule has 0 unspecified atom stereocenters. The molecule has 0 atom stereocenters. The van der Waals surface area contributed by atoms with Crippen molar-refractivity contribution in [3.05, 3.63) is 67.3 Å². The van der Waals surface area contributed by atoms with E-state index in [-0.39, 0.29) is 17.3 Å². The molecule has 0 radical (unpaired) electrons. The van der Waals surface area contributed by atoms with Gasteiger partial charge in [-0.2, -0.15) is 5.10 Å². The molecule has 5 aromatic heterocycles. The summed E-state index contributed by atoms with van der Waals surface area (Å²) < 4.78 is 20.3. The van der Waals surface area contributed by atoms with Crippen LogP contribution in [0.25, 0.3) is 55.8 Å². The zero-order valence-corrected chi connectivity index (χ0v) is 19.3. The lowest BCUT2D eigenvalue weighted by Gasteiger charge is -2.09. The zero-order valence-electron chi connectivity index (χ0n) is 19.3. The van der Waals surface area contributed by atoms with E-state index >= 15 is 4.39 Å². The molecule has 9 nitrogen and oxygen atoms in total. The molecule has 1 aromatic carbocycles. The van der Waals surface area contributed by atoms with Crippen molar-refractivity contribution >= 4 is 33.5 Å². The highest BCUT2D eigenvalue weighted by Crippen LogP contribution is 2.34. The van der Waals surface area contributed by atoms with Crippen LogP contribution in [-0.4, -0.2) is 36.0 Å². The van der Waals surface area contributed by atoms with Gasteiger partial charge in [-0.25, -0.2) is 9.37 Å². The van der Waals surface area contributed by atoms with Crippen LogP contribution in [0.5, 0.6) is 0 Å². The van der Waals surface area contributed by atoms with Gasteiger partial charge in [0.2, 0.25) is 5.91 Å². The molecule has 0 saturated heterocycles.